The number of rotatable bonds is 3. The minimum absolute atomic E-state index is 0.0997. The maximum Gasteiger partial charge on any atom is 0.227 e. The lowest BCUT2D eigenvalue weighted by Gasteiger charge is -2.26. The van der Waals surface area contributed by atoms with Gasteiger partial charge >= 0.3 is 0 Å². The molecule has 1 amide bonds. The molecule has 0 unspecified atom stereocenters. The average molecular weight is 261 g/mol. The number of hydrogen-bond donors (Lipinski definition) is 2. The molecular weight excluding hydrogens is 238 g/mol. The molecule has 1 aromatic carbocycles. The Morgan fingerprint density at radius 1 is 1.26 bits per heavy atom. The lowest BCUT2D eigenvalue weighted by Crippen LogP contribution is -2.28. The number of amides is 1. The molecule has 0 heterocycles. The van der Waals surface area contributed by atoms with Crippen LogP contribution in [0.5, 0.6) is 0 Å². The molecule has 1 aliphatic rings. The second-order valence-electron chi connectivity index (χ2n) is 5.64. The van der Waals surface area contributed by atoms with Gasteiger partial charge in [-0.15, -0.1) is 0 Å². The Morgan fingerprint density at radius 2 is 1.95 bits per heavy atom. The second-order valence-corrected chi connectivity index (χ2v) is 5.64. The first-order valence-corrected chi connectivity index (χ1v) is 7.09. The summed E-state index contributed by atoms with van der Waals surface area (Å²) >= 11 is 0. The largest absolute Gasteiger partial charge is 0.396 e. The van der Waals surface area contributed by atoms with Crippen LogP contribution in [0.25, 0.3) is 0 Å². The van der Waals surface area contributed by atoms with E-state index in [1.54, 1.807) is 0 Å². The SMILES string of the molecule is Cc1cccc(NC(=O)C2CCC(CO)CC2)c1C. The molecule has 0 spiro atoms. The molecule has 19 heavy (non-hydrogen) atoms. The molecule has 0 bridgehead atoms. The Bertz CT molecular complexity index is 448. The third-order valence-electron chi connectivity index (χ3n) is 4.34. The van der Waals surface area contributed by atoms with Crippen molar-refractivity contribution in [1.82, 2.24) is 0 Å². The number of carbonyl (C=O) groups excluding carboxylic acids is 1. The third-order valence-corrected chi connectivity index (χ3v) is 4.34. The van der Waals surface area contributed by atoms with E-state index in [1.165, 1.54) is 5.56 Å². The minimum atomic E-state index is 0.0997. The number of anilines is 1. The number of aryl methyl sites for hydroxylation is 1. The summed E-state index contributed by atoms with van der Waals surface area (Å²) in [6.07, 6.45) is 3.70. The van der Waals surface area contributed by atoms with Gasteiger partial charge in [-0.3, -0.25) is 4.79 Å². The third kappa shape index (κ3) is 3.35. The molecule has 3 nitrogen and oxygen atoms in total. The molecule has 0 atom stereocenters. The highest BCUT2D eigenvalue weighted by atomic mass is 16.3. The van der Waals surface area contributed by atoms with Crippen molar-refractivity contribution in [3.63, 3.8) is 0 Å². The molecule has 2 N–H and O–H groups in total. The Labute approximate surface area is 115 Å². The highest BCUT2D eigenvalue weighted by molar-refractivity contribution is 5.93. The smallest absolute Gasteiger partial charge is 0.227 e. The topological polar surface area (TPSA) is 49.3 Å². The van der Waals surface area contributed by atoms with Crippen molar-refractivity contribution in [2.24, 2.45) is 11.8 Å². The van der Waals surface area contributed by atoms with Gasteiger partial charge < -0.3 is 10.4 Å². The summed E-state index contributed by atoms with van der Waals surface area (Å²) in [6, 6.07) is 5.98. The number of aliphatic hydroxyl groups is 1. The van der Waals surface area contributed by atoms with Gasteiger partial charge in [-0.25, -0.2) is 0 Å². The van der Waals surface area contributed by atoms with E-state index in [0.29, 0.717) is 5.92 Å². The number of carbonyl (C=O) groups is 1. The standard InChI is InChI=1S/C16H23NO2/c1-11-4-3-5-15(12(11)2)17-16(19)14-8-6-13(10-18)7-9-14/h3-5,13-14,18H,6-10H2,1-2H3,(H,17,19). The Morgan fingerprint density at radius 3 is 2.58 bits per heavy atom. The molecule has 1 aliphatic carbocycles. The molecule has 0 aromatic heterocycles. The van der Waals surface area contributed by atoms with Crippen molar-refractivity contribution < 1.29 is 9.90 Å². The van der Waals surface area contributed by atoms with Gasteiger partial charge in [0, 0.05) is 18.2 Å². The second kappa shape index (κ2) is 6.20. The fourth-order valence-electron chi connectivity index (χ4n) is 2.73. The normalized spacial score (nSPS) is 23.1. The van der Waals surface area contributed by atoms with Gasteiger partial charge in [0.05, 0.1) is 0 Å². The van der Waals surface area contributed by atoms with E-state index in [9.17, 15) is 4.79 Å². The van der Waals surface area contributed by atoms with Crippen LogP contribution in [0.15, 0.2) is 18.2 Å². The van der Waals surface area contributed by atoms with Crippen molar-refractivity contribution in [3.05, 3.63) is 29.3 Å². The summed E-state index contributed by atoms with van der Waals surface area (Å²) in [5, 5.41) is 12.2. The maximum absolute atomic E-state index is 12.3. The van der Waals surface area contributed by atoms with Gasteiger partial charge in [-0.2, -0.15) is 0 Å². The van der Waals surface area contributed by atoms with Crippen molar-refractivity contribution in [2.75, 3.05) is 11.9 Å². The van der Waals surface area contributed by atoms with Crippen LogP contribution in [0.4, 0.5) is 5.69 Å². The van der Waals surface area contributed by atoms with Crippen LogP contribution in [0.3, 0.4) is 0 Å². The van der Waals surface area contributed by atoms with Crippen molar-refractivity contribution >= 4 is 11.6 Å². The first-order valence-electron chi connectivity index (χ1n) is 7.09. The summed E-state index contributed by atoms with van der Waals surface area (Å²) < 4.78 is 0. The van der Waals surface area contributed by atoms with Gasteiger partial charge in [-0.05, 0) is 62.6 Å². The van der Waals surface area contributed by atoms with Crippen molar-refractivity contribution in [2.45, 2.75) is 39.5 Å². The van der Waals surface area contributed by atoms with Gasteiger partial charge in [0.2, 0.25) is 5.91 Å². The van der Waals surface area contributed by atoms with E-state index in [-0.39, 0.29) is 18.4 Å². The van der Waals surface area contributed by atoms with Crippen LogP contribution in [-0.2, 0) is 4.79 Å². The zero-order chi connectivity index (χ0) is 13.8. The molecule has 0 saturated heterocycles. The minimum Gasteiger partial charge on any atom is -0.396 e. The summed E-state index contributed by atoms with van der Waals surface area (Å²) in [6.45, 7) is 4.34. The molecule has 104 valence electrons. The lowest BCUT2D eigenvalue weighted by atomic mass is 9.82. The van der Waals surface area contributed by atoms with Gasteiger partial charge in [-0.1, -0.05) is 12.1 Å². The number of benzene rings is 1. The Kier molecular flexibility index (Phi) is 4.59. The molecular formula is C16H23NO2. The first kappa shape index (κ1) is 14.1. The molecule has 0 aliphatic heterocycles. The average Bonchev–Trinajstić information content (AvgIpc) is 2.44. The molecule has 3 heteroatoms. The Balaban J connectivity index is 1.96. The molecule has 0 radical (unpaired) electrons. The molecule has 2 rings (SSSR count). The monoisotopic (exact) mass is 261 g/mol. The van der Waals surface area contributed by atoms with Crippen molar-refractivity contribution in [3.8, 4) is 0 Å². The molecule has 1 fully saturated rings. The van der Waals surface area contributed by atoms with Crippen LogP contribution >= 0.6 is 0 Å². The summed E-state index contributed by atoms with van der Waals surface area (Å²) in [5.74, 6) is 0.623. The molecule has 1 aromatic rings. The van der Waals surface area contributed by atoms with Crippen LogP contribution in [0, 0.1) is 25.7 Å². The summed E-state index contributed by atoms with van der Waals surface area (Å²) in [7, 11) is 0. The van der Waals surface area contributed by atoms with Gasteiger partial charge in [0.25, 0.3) is 0 Å². The van der Waals surface area contributed by atoms with E-state index in [4.69, 9.17) is 5.11 Å². The zero-order valence-corrected chi connectivity index (χ0v) is 11.8. The van der Waals surface area contributed by atoms with Gasteiger partial charge in [0.15, 0.2) is 0 Å². The van der Waals surface area contributed by atoms with E-state index in [1.807, 2.05) is 19.1 Å². The summed E-state index contributed by atoms with van der Waals surface area (Å²) in [4.78, 5) is 12.3. The predicted octanol–water partition coefficient (Wildman–Crippen LogP) is 3.04. The van der Waals surface area contributed by atoms with Crippen LogP contribution < -0.4 is 5.32 Å². The van der Waals surface area contributed by atoms with E-state index >= 15 is 0 Å². The Hall–Kier alpha value is -1.35. The van der Waals surface area contributed by atoms with E-state index in [0.717, 1.165) is 36.9 Å². The fraction of sp³-hybridized carbons (Fsp3) is 0.562. The fourth-order valence-corrected chi connectivity index (χ4v) is 2.73. The zero-order valence-electron chi connectivity index (χ0n) is 11.8. The number of hydrogen-bond acceptors (Lipinski definition) is 2. The van der Waals surface area contributed by atoms with Gasteiger partial charge in [0.1, 0.15) is 0 Å². The molecule has 1 saturated carbocycles. The number of nitrogens with one attached hydrogen (secondary N) is 1. The van der Waals surface area contributed by atoms with Crippen LogP contribution in [0.1, 0.15) is 36.8 Å². The highest BCUT2D eigenvalue weighted by Crippen LogP contribution is 2.29. The van der Waals surface area contributed by atoms with Crippen molar-refractivity contribution in [1.29, 1.82) is 0 Å². The number of aliphatic hydroxyl groups excluding tert-OH is 1. The highest BCUT2D eigenvalue weighted by Gasteiger charge is 2.26. The summed E-state index contributed by atoms with van der Waals surface area (Å²) in [5.41, 5.74) is 3.26. The van der Waals surface area contributed by atoms with Crippen LogP contribution in [0.2, 0.25) is 0 Å². The first-order chi connectivity index (χ1) is 9.11. The van der Waals surface area contributed by atoms with E-state index in [2.05, 4.69) is 18.3 Å². The maximum atomic E-state index is 12.3. The predicted molar refractivity (Wildman–Crippen MR) is 77.1 cm³/mol. The lowest BCUT2D eigenvalue weighted by molar-refractivity contribution is -0.121. The van der Waals surface area contributed by atoms with E-state index < -0.39 is 0 Å². The van der Waals surface area contributed by atoms with Crippen LogP contribution in [-0.4, -0.2) is 17.6 Å². The quantitative estimate of drug-likeness (QED) is 0.878.